The van der Waals surface area contributed by atoms with Crippen LogP contribution in [0.25, 0.3) is 0 Å². The largest absolute Gasteiger partial charge is 0.480 e. The van der Waals surface area contributed by atoms with E-state index in [4.69, 9.17) is 0 Å². The molecule has 2 amide bonds. The highest BCUT2D eigenvalue weighted by Gasteiger charge is 2.38. The van der Waals surface area contributed by atoms with Crippen LogP contribution in [0, 0.1) is 5.92 Å². The number of hydrogen-bond acceptors (Lipinski definition) is 2. The van der Waals surface area contributed by atoms with Crippen molar-refractivity contribution >= 4 is 17.7 Å². The number of nitrogens with one attached hydrogen (secondary N) is 1. The van der Waals surface area contributed by atoms with E-state index in [1.165, 1.54) is 0 Å². The van der Waals surface area contributed by atoms with Crippen molar-refractivity contribution in [2.75, 3.05) is 11.4 Å². The summed E-state index contributed by atoms with van der Waals surface area (Å²) in [4.78, 5) is 25.2. The zero-order valence-electron chi connectivity index (χ0n) is 11.2. The highest BCUT2D eigenvalue weighted by atomic mass is 16.4. The molecule has 0 bridgehead atoms. The predicted octanol–water partition coefficient (Wildman–Crippen LogP) is 2.01. The number of aliphatic carboxylic acids is 1. The van der Waals surface area contributed by atoms with Gasteiger partial charge in [0.05, 0.1) is 0 Å². The lowest BCUT2D eigenvalue weighted by molar-refractivity contribution is -0.139. The topological polar surface area (TPSA) is 69.6 Å². The third kappa shape index (κ3) is 2.48. The van der Waals surface area contributed by atoms with Crippen LogP contribution in [-0.4, -0.2) is 29.7 Å². The van der Waals surface area contributed by atoms with Crippen molar-refractivity contribution < 1.29 is 14.7 Å². The average Bonchev–Trinajstić information content (AvgIpc) is 3.28. The summed E-state index contributed by atoms with van der Waals surface area (Å²) >= 11 is 0. The summed E-state index contributed by atoms with van der Waals surface area (Å²) in [7, 11) is 0. The quantitative estimate of drug-likeness (QED) is 0.885. The lowest BCUT2D eigenvalue weighted by atomic mass is 10.0. The summed E-state index contributed by atoms with van der Waals surface area (Å²) in [5, 5.41) is 11.9. The second-order valence-electron chi connectivity index (χ2n) is 5.49. The number of fused-ring (bicyclic) bond motifs is 1. The van der Waals surface area contributed by atoms with E-state index in [0.717, 1.165) is 36.9 Å². The molecular weight excluding hydrogens is 256 g/mol. The van der Waals surface area contributed by atoms with Crippen LogP contribution in [0.5, 0.6) is 0 Å². The number of nitrogens with zero attached hydrogens (tertiary/aromatic N) is 1. The Hall–Kier alpha value is -2.04. The SMILES string of the molecule is O=C(O)C(NC(=O)N1CCCc2ccccc21)C1CC1. The van der Waals surface area contributed by atoms with Crippen LogP contribution in [0.2, 0.25) is 0 Å². The Kier molecular flexibility index (Phi) is 3.34. The normalized spacial score (nSPS) is 19.1. The maximum absolute atomic E-state index is 12.4. The molecule has 106 valence electrons. The number of hydrogen-bond donors (Lipinski definition) is 2. The van der Waals surface area contributed by atoms with Gasteiger partial charge in [-0.25, -0.2) is 9.59 Å². The Morgan fingerprint density at radius 1 is 1.30 bits per heavy atom. The van der Waals surface area contributed by atoms with E-state index in [0.29, 0.717) is 6.54 Å². The number of benzene rings is 1. The van der Waals surface area contributed by atoms with Crippen molar-refractivity contribution in [3.63, 3.8) is 0 Å². The van der Waals surface area contributed by atoms with Crippen LogP contribution in [-0.2, 0) is 11.2 Å². The van der Waals surface area contributed by atoms with Gasteiger partial charge >= 0.3 is 12.0 Å². The number of aryl methyl sites for hydroxylation is 1. The number of carboxylic acid groups (broad SMARTS) is 1. The Labute approximate surface area is 117 Å². The van der Waals surface area contributed by atoms with Crippen molar-refractivity contribution in [2.45, 2.75) is 31.7 Å². The van der Waals surface area contributed by atoms with Crippen LogP contribution >= 0.6 is 0 Å². The van der Waals surface area contributed by atoms with E-state index in [1.807, 2.05) is 24.3 Å². The van der Waals surface area contributed by atoms with Gasteiger partial charge < -0.3 is 10.4 Å². The number of carbonyl (C=O) groups is 2. The van der Waals surface area contributed by atoms with Gasteiger partial charge in [0, 0.05) is 12.2 Å². The van der Waals surface area contributed by atoms with Gasteiger partial charge in [-0.3, -0.25) is 4.90 Å². The molecule has 1 saturated carbocycles. The molecule has 0 saturated heterocycles. The number of anilines is 1. The first kappa shape index (κ1) is 13.0. The van der Waals surface area contributed by atoms with Gasteiger partial charge in [-0.2, -0.15) is 0 Å². The molecule has 1 aromatic rings. The fraction of sp³-hybridized carbons (Fsp3) is 0.467. The molecule has 0 aromatic heterocycles. The molecule has 2 aliphatic rings. The number of amides is 2. The van der Waals surface area contributed by atoms with Crippen LogP contribution in [0.15, 0.2) is 24.3 Å². The Morgan fingerprint density at radius 2 is 2.05 bits per heavy atom. The molecule has 20 heavy (non-hydrogen) atoms. The lowest BCUT2D eigenvalue weighted by Crippen LogP contribution is -2.50. The first-order valence-electron chi connectivity index (χ1n) is 7.05. The summed E-state index contributed by atoms with van der Waals surface area (Å²) in [6.07, 6.45) is 3.64. The van der Waals surface area contributed by atoms with Gasteiger partial charge in [0.15, 0.2) is 0 Å². The van der Waals surface area contributed by atoms with Crippen LogP contribution in [0.1, 0.15) is 24.8 Å². The smallest absolute Gasteiger partial charge is 0.326 e. The number of para-hydroxylation sites is 1. The molecule has 5 heteroatoms. The molecule has 1 aliphatic heterocycles. The van der Waals surface area contributed by atoms with E-state index in [9.17, 15) is 14.7 Å². The van der Waals surface area contributed by atoms with E-state index >= 15 is 0 Å². The van der Waals surface area contributed by atoms with Crippen molar-refractivity contribution in [3.8, 4) is 0 Å². The molecule has 1 aliphatic carbocycles. The van der Waals surface area contributed by atoms with E-state index in [2.05, 4.69) is 5.32 Å². The minimum Gasteiger partial charge on any atom is -0.480 e. The Morgan fingerprint density at radius 3 is 2.75 bits per heavy atom. The molecule has 1 atom stereocenters. The average molecular weight is 274 g/mol. The standard InChI is InChI=1S/C15H18N2O3/c18-14(19)13(11-7-8-11)16-15(20)17-9-3-5-10-4-1-2-6-12(10)17/h1-2,4,6,11,13H,3,5,7-9H2,(H,16,20)(H,18,19). The molecular formula is C15H18N2O3. The van der Waals surface area contributed by atoms with Crippen LogP contribution in [0.3, 0.4) is 0 Å². The number of rotatable bonds is 3. The molecule has 0 radical (unpaired) electrons. The summed E-state index contributed by atoms with van der Waals surface area (Å²) in [6.45, 7) is 0.639. The van der Waals surface area contributed by atoms with E-state index in [1.54, 1.807) is 4.90 Å². The van der Waals surface area contributed by atoms with Gasteiger partial charge in [-0.05, 0) is 43.2 Å². The minimum atomic E-state index is -0.939. The number of urea groups is 1. The highest BCUT2D eigenvalue weighted by molar-refractivity contribution is 5.95. The number of carbonyl (C=O) groups excluding carboxylic acids is 1. The first-order chi connectivity index (χ1) is 9.66. The van der Waals surface area contributed by atoms with E-state index in [-0.39, 0.29) is 11.9 Å². The third-order valence-electron chi connectivity index (χ3n) is 3.99. The minimum absolute atomic E-state index is 0.0940. The molecule has 2 N–H and O–H groups in total. The maximum atomic E-state index is 12.4. The molecule has 1 fully saturated rings. The van der Waals surface area contributed by atoms with E-state index < -0.39 is 12.0 Å². The van der Waals surface area contributed by atoms with Gasteiger partial charge in [-0.15, -0.1) is 0 Å². The monoisotopic (exact) mass is 274 g/mol. The molecule has 0 spiro atoms. The summed E-state index contributed by atoms with van der Waals surface area (Å²) in [5.74, 6) is -0.845. The third-order valence-corrected chi connectivity index (χ3v) is 3.99. The molecule has 1 unspecified atom stereocenters. The van der Waals surface area contributed by atoms with Crippen molar-refractivity contribution in [3.05, 3.63) is 29.8 Å². The molecule has 5 nitrogen and oxygen atoms in total. The van der Waals surface area contributed by atoms with Gasteiger partial charge in [0.1, 0.15) is 6.04 Å². The second-order valence-corrected chi connectivity index (χ2v) is 5.49. The highest BCUT2D eigenvalue weighted by Crippen LogP contribution is 2.33. The molecule has 1 aromatic carbocycles. The van der Waals surface area contributed by atoms with Crippen molar-refractivity contribution in [1.82, 2.24) is 5.32 Å². The fourth-order valence-corrected chi connectivity index (χ4v) is 2.77. The molecule has 3 rings (SSSR count). The summed E-state index contributed by atoms with van der Waals surface area (Å²) in [6, 6.07) is 6.75. The summed E-state index contributed by atoms with van der Waals surface area (Å²) < 4.78 is 0. The van der Waals surface area contributed by atoms with Gasteiger partial charge in [0.25, 0.3) is 0 Å². The number of carboxylic acids is 1. The second kappa shape index (κ2) is 5.15. The fourth-order valence-electron chi connectivity index (χ4n) is 2.77. The lowest BCUT2D eigenvalue weighted by Gasteiger charge is -2.30. The van der Waals surface area contributed by atoms with Gasteiger partial charge in [-0.1, -0.05) is 18.2 Å². The molecule has 1 heterocycles. The summed E-state index contributed by atoms with van der Waals surface area (Å²) in [5.41, 5.74) is 2.04. The zero-order valence-corrected chi connectivity index (χ0v) is 11.2. The first-order valence-corrected chi connectivity index (χ1v) is 7.05. The Bertz CT molecular complexity index is 540. The Balaban J connectivity index is 1.76. The van der Waals surface area contributed by atoms with Gasteiger partial charge in [0.2, 0.25) is 0 Å². The maximum Gasteiger partial charge on any atom is 0.326 e. The van der Waals surface area contributed by atoms with Crippen LogP contribution in [0.4, 0.5) is 10.5 Å². The zero-order chi connectivity index (χ0) is 14.1. The van der Waals surface area contributed by atoms with Crippen molar-refractivity contribution in [2.24, 2.45) is 5.92 Å². The van der Waals surface area contributed by atoms with Crippen molar-refractivity contribution in [1.29, 1.82) is 0 Å². The predicted molar refractivity (Wildman–Crippen MR) is 74.8 cm³/mol. The van der Waals surface area contributed by atoms with Crippen LogP contribution < -0.4 is 10.2 Å².